The second kappa shape index (κ2) is 6.26. The largest absolute Gasteiger partial charge is 0.372 e. The van der Waals surface area contributed by atoms with Gasteiger partial charge in [0.1, 0.15) is 0 Å². The Kier molecular flexibility index (Phi) is 4.68. The molecule has 0 spiro atoms. The summed E-state index contributed by atoms with van der Waals surface area (Å²) in [6, 6.07) is 2.88. The van der Waals surface area contributed by atoms with E-state index in [4.69, 9.17) is 0 Å². The summed E-state index contributed by atoms with van der Waals surface area (Å²) >= 11 is 1.88. The standard InChI is InChI=1S/C13H21N3S/c1-16(7-8-17-2)13-10-14-6-5-11(13)9-15-12-3-4-12/h5-6,10,12,15H,3-4,7-9H2,1-2H3. The minimum Gasteiger partial charge on any atom is -0.372 e. The average molecular weight is 251 g/mol. The van der Waals surface area contributed by atoms with Gasteiger partial charge in [-0.1, -0.05) is 0 Å². The van der Waals surface area contributed by atoms with E-state index in [1.807, 2.05) is 24.2 Å². The molecular formula is C13H21N3S. The zero-order valence-electron chi connectivity index (χ0n) is 10.6. The molecule has 0 saturated heterocycles. The molecular weight excluding hydrogens is 230 g/mol. The smallest absolute Gasteiger partial charge is 0.0596 e. The molecule has 0 radical (unpaired) electrons. The lowest BCUT2D eigenvalue weighted by molar-refractivity contribution is 0.685. The summed E-state index contributed by atoms with van der Waals surface area (Å²) in [4.78, 5) is 6.54. The molecule has 3 nitrogen and oxygen atoms in total. The highest BCUT2D eigenvalue weighted by molar-refractivity contribution is 7.98. The van der Waals surface area contributed by atoms with Crippen molar-refractivity contribution in [3.05, 3.63) is 24.0 Å². The van der Waals surface area contributed by atoms with Crippen molar-refractivity contribution in [1.29, 1.82) is 0 Å². The van der Waals surface area contributed by atoms with Crippen LogP contribution in [0.2, 0.25) is 0 Å². The van der Waals surface area contributed by atoms with Crippen molar-refractivity contribution in [1.82, 2.24) is 10.3 Å². The SMILES string of the molecule is CSCCN(C)c1cnccc1CNC1CC1. The van der Waals surface area contributed by atoms with Gasteiger partial charge in [0.25, 0.3) is 0 Å². The van der Waals surface area contributed by atoms with Crippen LogP contribution in [0.4, 0.5) is 5.69 Å². The minimum atomic E-state index is 0.757. The number of pyridine rings is 1. The van der Waals surface area contributed by atoms with E-state index >= 15 is 0 Å². The number of nitrogens with one attached hydrogen (secondary N) is 1. The van der Waals surface area contributed by atoms with Gasteiger partial charge in [-0.2, -0.15) is 11.8 Å². The van der Waals surface area contributed by atoms with Gasteiger partial charge in [-0.3, -0.25) is 4.98 Å². The van der Waals surface area contributed by atoms with Crippen LogP contribution in [-0.4, -0.2) is 36.6 Å². The van der Waals surface area contributed by atoms with Gasteiger partial charge in [0, 0.05) is 38.1 Å². The van der Waals surface area contributed by atoms with Gasteiger partial charge >= 0.3 is 0 Å². The Morgan fingerprint density at radius 1 is 1.53 bits per heavy atom. The molecule has 1 saturated carbocycles. The molecule has 0 unspecified atom stereocenters. The van der Waals surface area contributed by atoms with Crippen LogP contribution in [0.25, 0.3) is 0 Å². The molecule has 1 aromatic heterocycles. The van der Waals surface area contributed by atoms with Crippen molar-refractivity contribution in [2.45, 2.75) is 25.4 Å². The summed E-state index contributed by atoms with van der Waals surface area (Å²) in [7, 11) is 2.15. The van der Waals surface area contributed by atoms with Crippen LogP contribution in [0.1, 0.15) is 18.4 Å². The van der Waals surface area contributed by atoms with Crippen LogP contribution >= 0.6 is 11.8 Å². The van der Waals surface area contributed by atoms with Crippen LogP contribution in [0, 0.1) is 0 Å². The fraction of sp³-hybridized carbons (Fsp3) is 0.615. The van der Waals surface area contributed by atoms with E-state index in [9.17, 15) is 0 Å². The lowest BCUT2D eigenvalue weighted by Crippen LogP contribution is -2.24. The van der Waals surface area contributed by atoms with Gasteiger partial charge in [0.15, 0.2) is 0 Å². The van der Waals surface area contributed by atoms with Gasteiger partial charge in [-0.25, -0.2) is 0 Å². The Morgan fingerprint density at radius 2 is 2.35 bits per heavy atom. The predicted molar refractivity (Wildman–Crippen MR) is 75.8 cm³/mol. The van der Waals surface area contributed by atoms with Crippen LogP contribution in [0.3, 0.4) is 0 Å². The first-order chi connectivity index (χ1) is 8.31. The summed E-state index contributed by atoms with van der Waals surface area (Å²) in [5.41, 5.74) is 2.62. The summed E-state index contributed by atoms with van der Waals surface area (Å²) < 4.78 is 0. The molecule has 0 aliphatic heterocycles. The number of rotatable bonds is 7. The molecule has 94 valence electrons. The molecule has 1 aromatic rings. The quantitative estimate of drug-likeness (QED) is 0.803. The lowest BCUT2D eigenvalue weighted by atomic mass is 10.2. The van der Waals surface area contributed by atoms with Crippen LogP contribution < -0.4 is 10.2 Å². The Morgan fingerprint density at radius 3 is 3.06 bits per heavy atom. The lowest BCUT2D eigenvalue weighted by Gasteiger charge is -2.21. The Labute approximate surface area is 108 Å². The van der Waals surface area contributed by atoms with Crippen LogP contribution in [-0.2, 0) is 6.54 Å². The third-order valence-corrected chi connectivity index (χ3v) is 3.68. The van der Waals surface area contributed by atoms with Gasteiger partial charge in [0.2, 0.25) is 0 Å². The maximum Gasteiger partial charge on any atom is 0.0596 e. The Hall–Kier alpha value is -0.740. The Balaban J connectivity index is 1.97. The van der Waals surface area contributed by atoms with E-state index < -0.39 is 0 Å². The summed E-state index contributed by atoms with van der Waals surface area (Å²) in [5, 5.41) is 3.56. The average Bonchev–Trinajstić information content (AvgIpc) is 3.18. The van der Waals surface area contributed by atoms with Crippen molar-refractivity contribution in [3.8, 4) is 0 Å². The monoisotopic (exact) mass is 251 g/mol. The first-order valence-corrected chi connectivity index (χ1v) is 7.57. The van der Waals surface area contributed by atoms with E-state index in [0.717, 1.165) is 24.9 Å². The second-order valence-electron chi connectivity index (χ2n) is 4.57. The van der Waals surface area contributed by atoms with Crippen molar-refractivity contribution in [2.75, 3.05) is 30.5 Å². The van der Waals surface area contributed by atoms with Crippen LogP contribution in [0.15, 0.2) is 18.5 Å². The van der Waals surface area contributed by atoms with Crippen molar-refractivity contribution in [2.24, 2.45) is 0 Å². The zero-order chi connectivity index (χ0) is 12.1. The number of hydrogen-bond donors (Lipinski definition) is 1. The second-order valence-corrected chi connectivity index (χ2v) is 5.56. The molecule has 1 N–H and O–H groups in total. The molecule has 1 heterocycles. The highest BCUT2D eigenvalue weighted by Crippen LogP contribution is 2.22. The van der Waals surface area contributed by atoms with E-state index in [-0.39, 0.29) is 0 Å². The fourth-order valence-electron chi connectivity index (χ4n) is 1.80. The summed E-state index contributed by atoms with van der Waals surface area (Å²) in [6.07, 6.45) is 8.68. The topological polar surface area (TPSA) is 28.2 Å². The maximum atomic E-state index is 4.24. The molecule has 4 heteroatoms. The molecule has 1 fully saturated rings. The first kappa shape index (κ1) is 12.7. The molecule has 1 aliphatic rings. The predicted octanol–water partition coefficient (Wildman–Crippen LogP) is 2.13. The highest BCUT2D eigenvalue weighted by atomic mass is 32.2. The van der Waals surface area contributed by atoms with Gasteiger partial charge in [-0.15, -0.1) is 0 Å². The zero-order valence-corrected chi connectivity index (χ0v) is 11.5. The first-order valence-electron chi connectivity index (χ1n) is 6.17. The van der Waals surface area contributed by atoms with Crippen LogP contribution in [0.5, 0.6) is 0 Å². The number of anilines is 1. The third kappa shape index (κ3) is 3.89. The summed E-state index contributed by atoms with van der Waals surface area (Å²) in [5.74, 6) is 1.15. The molecule has 0 aromatic carbocycles. The minimum absolute atomic E-state index is 0.757. The molecule has 0 bridgehead atoms. The maximum absolute atomic E-state index is 4.24. The van der Waals surface area contributed by atoms with E-state index in [2.05, 4.69) is 34.6 Å². The molecule has 1 aliphatic carbocycles. The molecule has 2 rings (SSSR count). The molecule has 17 heavy (non-hydrogen) atoms. The normalized spacial score (nSPS) is 14.9. The van der Waals surface area contributed by atoms with Crippen molar-refractivity contribution >= 4 is 17.4 Å². The number of aromatic nitrogens is 1. The highest BCUT2D eigenvalue weighted by Gasteiger charge is 2.20. The summed E-state index contributed by atoms with van der Waals surface area (Å²) in [6.45, 7) is 2.04. The third-order valence-electron chi connectivity index (χ3n) is 3.09. The van der Waals surface area contributed by atoms with Gasteiger partial charge < -0.3 is 10.2 Å². The number of nitrogens with zero attached hydrogens (tertiary/aromatic N) is 2. The van der Waals surface area contributed by atoms with E-state index in [1.165, 1.54) is 24.1 Å². The van der Waals surface area contributed by atoms with E-state index in [1.54, 1.807) is 0 Å². The molecule has 0 amide bonds. The van der Waals surface area contributed by atoms with Crippen molar-refractivity contribution in [3.63, 3.8) is 0 Å². The molecule has 0 atom stereocenters. The van der Waals surface area contributed by atoms with Gasteiger partial charge in [-0.05, 0) is 30.7 Å². The number of hydrogen-bond acceptors (Lipinski definition) is 4. The van der Waals surface area contributed by atoms with Crippen molar-refractivity contribution < 1.29 is 0 Å². The van der Waals surface area contributed by atoms with Gasteiger partial charge in [0.05, 0.1) is 11.9 Å². The number of thioether (sulfide) groups is 1. The fourth-order valence-corrected chi connectivity index (χ4v) is 2.25. The Bertz CT molecular complexity index is 352. The van der Waals surface area contributed by atoms with E-state index in [0.29, 0.717) is 0 Å².